The van der Waals surface area contributed by atoms with Crippen LogP contribution in [-0.2, 0) is 16.0 Å². The zero-order valence-corrected chi connectivity index (χ0v) is 16.2. The van der Waals surface area contributed by atoms with E-state index in [0.717, 1.165) is 6.42 Å². The van der Waals surface area contributed by atoms with E-state index in [4.69, 9.17) is 11.6 Å². The maximum absolute atomic E-state index is 13.9. The predicted molar refractivity (Wildman–Crippen MR) is 106 cm³/mol. The predicted octanol–water partition coefficient (Wildman–Crippen LogP) is 3.50. The van der Waals surface area contributed by atoms with Crippen LogP contribution in [0.2, 0.25) is 5.02 Å². The van der Waals surface area contributed by atoms with Crippen molar-refractivity contribution in [1.29, 1.82) is 0 Å². The van der Waals surface area contributed by atoms with E-state index in [-0.39, 0.29) is 34.7 Å². The Hall–Kier alpha value is -2.40. The molecule has 2 fully saturated rings. The standard InChI is InChI=1S/C22H22ClFN2O2/c23-19-7-4-8-20(24)18(19)14-21(27)25-9-11-26(12-10-25)22(28)17-13-16(17)15-5-2-1-3-6-15/h1-8,16-17H,9-14H2. The molecule has 1 aliphatic heterocycles. The lowest BCUT2D eigenvalue weighted by molar-refractivity contribution is -0.140. The Morgan fingerprint density at radius 3 is 2.32 bits per heavy atom. The molecule has 2 amide bonds. The summed E-state index contributed by atoms with van der Waals surface area (Å²) in [6.45, 7) is 1.99. The summed E-state index contributed by atoms with van der Waals surface area (Å²) in [6.07, 6.45) is 0.839. The second-order valence-electron chi connectivity index (χ2n) is 7.44. The van der Waals surface area contributed by atoms with Gasteiger partial charge in [-0.15, -0.1) is 0 Å². The monoisotopic (exact) mass is 400 g/mol. The van der Waals surface area contributed by atoms with E-state index in [1.54, 1.807) is 11.0 Å². The zero-order chi connectivity index (χ0) is 19.7. The molecule has 1 heterocycles. The Kier molecular flexibility index (Phi) is 5.36. The summed E-state index contributed by atoms with van der Waals surface area (Å²) in [5.74, 6) is -0.0698. The minimum atomic E-state index is -0.463. The van der Waals surface area contributed by atoms with Crippen molar-refractivity contribution in [2.24, 2.45) is 5.92 Å². The summed E-state index contributed by atoms with van der Waals surface area (Å²) in [4.78, 5) is 28.8. The molecular formula is C22H22ClFN2O2. The normalized spacial score (nSPS) is 21.5. The molecule has 1 saturated heterocycles. The van der Waals surface area contributed by atoms with Crippen LogP contribution < -0.4 is 0 Å². The third-order valence-corrected chi connectivity index (χ3v) is 6.02. The molecule has 0 spiro atoms. The van der Waals surface area contributed by atoms with E-state index in [0.29, 0.717) is 32.1 Å². The molecule has 0 aromatic heterocycles. The molecule has 2 unspecified atom stereocenters. The molecule has 2 aromatic rings. The van der Waals surface area contributed by atoms with Crippen LogP contribution in [0.1, 0.15) is 23.5 Å². The SMILES string of the molecule is O=C(Cc1c(F)cccc1Cl)N1CCN(C(=O)C2CC2c2ccccc2)CC1. The molecule has 2 aliphatic rings. The van der Waals surface area contributed by atoms with Crippen molar-refractivity contribution in [2.75, 3.05) is 26.2 Å². The maximum atomic E-state index is 13.9. The van der Waals surface area contributed by atoms with Gasteiger partial charge in [-0.1, -0.05) is 48.0 Å². The molecule has 1 aliphatic carbocycles. The molecular weight excluding hydrogens is 379 g/mol. The van der Waals surface area contributed by atoms with Crippen molar-refractivity contribution < 1.29 is 14.0 Å². The minimum absolute atomic E-state index is 0.0573. The number of halogens is 2. The first-order chi connectivity index (χ1) is 13.5. The van der Waals surface area contributed by atoms with E-state index in [1.807, 2.05) is 23.1 Å². The minimum Gasteiger partial charge on any atom is -0.339 e. The van der Waals surface area contributed by atoms with Crippen molar-refractivity contribution in [3.8, 4) is 0 Å². The van der Waals surface area contributed by atoms with Gasteiger partial charge in [0.05, 0.1) is 6.42 Å². The second kappa shape index (κ2) is 7.92. The molecule has 6 heteroatoms. The number of hydrogen-bond donors (Lipinski definition) is 0. The van der Waals surface area contributed by atoms with Crippen LogP contribution in [0.5, 0.6) is 0 Å². The smallest absolute Gasteiger partial charge is 0.227 e. The first kappa shape index (κ1) is 18.9. The molecule has 0 N–H and O–H groups in total. The summed E-state index contributed by atoms with van der Waals surface area (Å²) in [7, 11) is 0. The van der Waals surface area contributed by atoms with Gasteiger partial charge in [0.25, 0.3) is 0 Å². The average molecular weight is 401 g/mol. The van der Waals surface area contributed by atoms with Gasteiger partial charge in [-0.3, -0.25) is 9.59 Å². The van der Waals surface area contributed by atoms with Gasteiger partial charge in [-0.05, 0) is 30.0 Å². The van der Waals surface area contributed by atoms with Crippen LogP contribution in [0.4, 0.5) is 4.39 Å². The fraction of sp³-hybridized carbons (Fsp3) is 0.364. The number of nitrogens with zero attached hydrogens (tertiary/aromatic N) is 2. The highest BCUT2D eigenvalue weighted by Gasteiger charge is 2.46. The van der Waals surface area contributed by atoms with Gasteiger partial charge < -0.3 is 9.80 Å². The molecule has 28 heavy (non-hydrogen) atoms. The third-order valence-electron chi connectivity index (χ3n) is 5.67. The highest BCUT2D eigenvalue weighted by Crippen LogP contribution is 2.48. The Balaban J connectivity index is 1.30. The number of amides is 2. The lowest BCUT2D eigenvalue weighted by atomic mass is 10.1. The van der Waals surface area contributed by atoms with Crippen molar-refractivity contribution >= 4 is 23.4 Å². The molecule has 2 aromatic carbocycles. The zero-order valence-electron chi connectivity index (χ0n) is 15.5. The molecule has 0 bridgehead atoms. The van der Waals surface area contributed by atoms with Gasteiger partial charge in [0.2, 0.25) is 11.8 Å². The van der Waals surface area contributed by atoms with E-state index in [2.05, 4.69) is 12.1 Å². The van der Waals surface area contributed by atoms with Gasteiger partial charge in [-0.2, -0.15) is 0 Å². The summed E-state index contributed by atoms with van der Waals surface area (Å²) < 4.78 is 13.9. The summed E-state index contributed by atoms with van der Waals surface area (Å²) in [5, 5.41) is 0.267. The van der Waals surface area contributed by atoms with E-state index in [9.17, 15) is 14.0 Å². The average Bonchev–Trinajstić information content (AvgIpc) is 3.52. The first-order valence-corrected chi connectivity index (χ1v) is 9.97. The highest BCUT2D eigenvalue weighted by molar-refractivity contribution is 6.31. The van der Waals surface area contributed by atoms with Crippen molar-refractivity contribution in [3.63, 3.8) is 0 Å². The van der Waals surface area contributed by atoms with Crippen LogP contribution in [0, 0.1) is 11.7 Å². The van der Waals surface area contributed by atoms with Crippen LogP contribution in [0.3, 0.4) is 0 Å². The Morgan fingerprint density at radius 1 is 0.964 bits per heavy atom. The Bertz CT molecular complexity index is 861. The molecule has 0 radical (unpaired) electrons. The fourth-order valence-corrected chi connectivity index (χ4v) is 4.14. The molecule has 2 atom stereocenters. The van der Waals surface area contributed by atoms with Gasteiger partial charge in [0.15, 0.2) is 0 Å². The number of carbonyl (C=O) groups excluding carboxylic acids is 2. The lowest BCUT2D eigenvalue weighted by Crippen LogP contribution is -2.51. The Morgan fingerprint density at radius 2 is 1.64 bits per heavy atom. The summed E-state index contributed by atoms with van der Waals surface area (Å²) in [6, 6.07) is 14.5. The molecule has 4 nitrogen and oxygen atoms in total. The first-order valence-electron chi connectivity index (χ1n) is 9.59. The van der Waals surface area contributed by atoms with Crippen LogP contribution in [0.25, 0.3) is 0 Å². The Labute approximate surface area is 168 Å². The lowest BCUT2D eigenvalue weighted by Gasteiger charge is -2.35. The summed E-state index contributed by atoms with van der Waals surface area (Å²) in [5.41, 5.74) is 1.45. The van der Waals surface area contributed by atoms with Gasteiger partial charge in [-0.25, -0.2) is 4.39 Å². The van der Waals surface area contributed by atoms with Gasteiger partial charge in [0, 0.05) is 42.7 Å². The van der Waals surface area contributed by atoms with E-state index >= 15 is 0 Å². The van der Waals surface area contributed by atoms with E-state index in [1.165, 1.54) is 17.7 Å². The van der Waals surface area contributed by atoms with Crippen molar-refractivity contribution in [1.82, 2.24) is 9.80 Å². The van der Waals surface area contributed by atoms with Crippen LogP contribution >= 0.6 is 11.6 Å². The number of piperazine rings is 1. The van der Waals surface area contributed by atoms with Gasteiger partial charge >= 0.3 is 0 Å². The number of rotatable bonds is 4. The quantitative estimate of drug-likeness (QED) is 0.788. The fourth-order valence-electron chi connectivity index (χ4n) is 3.91. The van der Waals surface area contributed by atoms with Crippen molar-refractivity contribution in [3.05, 3.63) is 70.5 Å². The molecule has 1 saturated carbocycles. The third kappa shape index (κ3) is 3.90. The topological polar surface area (TPSA) is 40.6 Å². The second-order valence-corrected chi connectivity index (χ2v) is 7.85. The van der Waals surface area contributed by atoms with Gasteiger partial charge in [0.1, 0.15) is 5.82 Å². The summed E-state index contributed by atoms with van der Waals surface area (Å²) >= 11 is 6.02. The van der Waals surface area contributed by atoms with Crippen molar-refractivity contribution in [2.45, 2.75) is 18.8 Å². The number of hydrogen-bond acceptors (Lipinski definition) is 2. The maximum Gasteiger partial charge on any atom is 0.227 e. The van der Waals surface area contributed by atoms with Crippen LogP contribution in [-0.4, -0.2) is 47.8 Å². The van der Waals surface area contributed by atoms with Crippen LogP contribution in [0.15, 0.2) is 48.5 Å². The molecule has 4 rings (SSSR count). The number of carbonyl (C=O) groups is 2. The largest absolute Gasteiger partial charge is 0.339 e. The highest BCUT2D eigenvalue weighted by atomic mass is 35.5. The molecule has 146 valence electrons. The van der Waals surface area contributed by atoms with E-state index < -0.39 is 5.82 Å². The number of benzene rings is 2.